The summed E-state index contributed by atoms with van der Waals surface area (Å²) in [6, 6.07) is -12.3. The van der Waals surface area contributed by atoms with E-state index in [2.05, 4.69) is 82.8 Å². The normalized spacial score (nSPS) is 14.8. The summed E-state index contributed by atoms with van der Waals surface area (Å²) < 4.78 is 0. The summed E-state index contributed by atoms with van der Waals surface area (Å²) in [6.45, 7) is 10.5. The van der Waals surface area contributed by atoms with Crippen LogP contribution in [0.4, 0.5) is 0 Å². The van der Waals surface area contributed by atoms with Crippen molar-refractivity contribution in [2.45, 2.75) is 154 Å². The number of hydrogen-bond acceptors (Lipinski definition) is 16. The zero-order chi connectivity index (χ0) is 57.1. The monoisotopic (exact) mass is 1100 g/mol. The van der Waals surface area contributed by atoms with Crippen LogP contribution in [0.2, 0.25) is 0 Å². The molecule has 0 saturated carbocycles. The van der Waals surface area contributed by atoms with Crippen LogP contribution < -0.4 is 71.2 Å². The Hall–Kier alpha value is -6.69. The van der Waals surface area contributed by atoms with Crippen LogP contribution in [0.1, 0.15) is 98.6 Å². The number of carbonyl (C=O) groups is 11. The number of amides is 10. The number of rotatable bonds is 36. The van der Waals surface area contributed by atoms with Gasteiger partial charge in [-0.3, -0.25) is 52.9 Å². The second-order valence-corrected chi connectivity index (χ2v) is 19.7. The largest absolute Gasteiger partial charge is 0.480 e. The SMILES string of the molecule is CC(C)C[C@H](NC(=O)[C@H](Cc1cnc[nH]1)NC(=O)[C@H](CCCN=C(N)N)NC(=O)[C@H](CC(C)C)NC(=O)[C@@H](NC(=O)[C@@H](N)CS)C(C)C)C(=O)N[C@@H](CCC(N)=O)C(=O)N[C@@H](CCC(N)=O)C(=O)N[C@@H](CS)C(=O)O. The van der Waals surface area contributed by atoms with Crippen LogP contribution in [0.25, 0.3) is 0 Å². The lowest BCUT2D eigenvalue weighted by Crippen LogP contribution is -2.61. The summed E-state index contributed by atoms with van der Waals surface area (Å²) in [5.74, 6) is -11.5. The molecule has 28 nitrogen and oxygen atoms in total. The molecule has 0 spiro atoms. The van der Waals surface area contributed by atoms with Crippen molar-refractivity contribution in [3.8, 4) is 0 Å². The lowest BCUT2D eigenvalue weighted by atomic mass is 9.99. The third-order valence-corrected chi connectivity index (χ3v) is 11.8. The molecule has 1 aromatic rings. The van der Waals surface area contributed by atoms with Crippen LogP contribution in [-0.4, -0.2) is 159 Å². The third kappa shape index (κ3) is 25.9. The van der Waals surface area contributed by atoms with Crippen LogP contribution in [0.3, 0.4) is 0 Å². The molecule has 0 aromatic carbocycles. The number of aliphatic imine (C=N–C) groups is 1. The molecule has 422 valence electrons. The second kappa shape index (κ2) is 34.0. The average molecular weight is 1100 g/mol. The van der Waals surface area contributed by atoms with E-state index >= 15 is 0 Å². The van der Waals surface area contributed by atoms with Gasteiger partial charge in [-0.2, -0.15) is 25.3 Å². The highest BCUT2D eigenvalue weighted by atomic mass is 32.1. The summed E-state index contributed by atoms with van der Waals surface area (Å²) in [5.41, 5.74) is 27.9. The molecule has 75 heavy (non-hydrogen) atoms. The predicted octanol–water partition coefficient (Wildman–Crippen LogP) is -4.57. The summed E-state index contributed by atoms with van der Waals surface area (Å²) in [6.07, 6.45) is 0.893. The van der Waals surface area contributed by atoms with E-state index in [1.807, 2.05) is 0 Å². The first-order valence-electron chi connectivity index (χ1n) is 24.3. The number of imidazole rings is 1. The molecular formula is C45H78N16O12S2. The molecule has 1 rings (SSSR count). The number of carboxylic acid groups (broad SMARTS) is 1. The van der Waals surface area contributed by atoms with E-state index in [1.54, 1.807) is 41.5 Å². The van der Waals surface area contributed by atoms with Crippen LogP contribution in [0.5, 0.6) is 0 Å². The molecule has 10 amide bonds. The van der Waals surface area contributed by atoms with Gasteiger partial charge in [-0.05, 0) is 56.3 Å². The van der Waals surface area contributed by atoms with Gasteiger partial charge in [0, 0.05) is 49.2 Å². The maximum absolute atomic E-state index is 14.4. The topological polar surface area (TPSA) is 475 Å². The Morgan fingerprint density at radius 1 is 0.573 bits per heavy atom. The van der Waals surface area contributed by atoms with Crippen molar-refractivity contribution in [1.29, 1.82) is 0 Å². The number of H-pyrrole nitrogens is 1. The maximum Gasteiger partial charge on any atom is 0.327 e. The number of primary amides is 2. The molecular weight excluding hydrogens is 1020 g/mol. The summed E-state index contributed by atoms with van der Waals surface area (Å²) in [7, 11) is 0. The van der Waals surface area contributed by atoms with Gasteiger partial charge in [0.15, 0.2) is 5.96 Å². The first-order chi connectivity index (χ1) is 35.1. The fourth-order valence-electron chi connectivity index (χ4n) is 7.07. The Labute approximate surface area is 446 Å². The van der Waals surface area contributed by atoms with Crippen molar-refractivity contribution < 1.29 is 57.8 Å². The van der Waals surface area contributed by atoms with Gasteiger partial charge in [0.2, 0.25) is 59.1 Å². The Morgan fingerprint density at radius 2 is 0.987 bits per heavy atom. The minimum Gasteiger partial charge on any atom is -0.480 e. The van der Waals surface area contributed by atoms with Crippen LogP contribution in [0, 0.1) is 17.8 Å². The van der Waals surface area contributed by atoms with Crippen molar-refractivity contribution in [3.05, 3.63) is 18.2 Å². The minimum atomic E-state index is -1.60. The van der Waals surface area contributed by atoms with Crippen molar-refractivity contribution in [3.63, 3.8) is 0 Å². The van der Waals surface area contributed by atoms with Gasteiger partial charge in [-0.1, -0.05) is 41.5 Å². The molecule has 0 unspecified atom stereocenters. The standard InChI is InChI=1S/C45H78N16O12S2/c1-21(2)14-29(40(68)56-27(9-11-33(47)62)38(66)55-28(10-12-34(48)63)39(67)60-32(19-75)44(72)73)57-42(70)31(16-24-17-51-20-53-24)58-37(65)26(8-7-13-52-45(49)50)54-41(69)30(15-22(3)4)59-43(71)35(23(5)6)61-36(64)25(46)18-74/h17,20-23,25-32,35,74-75H,7-16,18-19,46H2,1-6H3,(H2,47,62)(H2,48,63)(H,51,53)(H,54,69)(H,55,66)(H,56,68)(H,57,70)(H,58,65)(H,59,71)(H,60,67)(H,61,64)(H,72,73)(H4,49,50,52)/t25-,26-,27-,28-,29-,30-,31-,32-,35-/m0/s1. The Balaban J connectivity index is 3.65. The number of nitrogens with zero attached hydrogens (tertiary/aromatic N) is 2. The highest BCUT2D eigenvalue weighted by Gasteiger charge is 2.36. The van der Waals surface area contributed by atoms with Crippen LogP contribution >= 0.6 is 25.3 Å². The number of aromatic nitrogens is 2. The van der Waals surface area contributed by atoms with Crippen LogP contribution in [0.15, 0.2) is 17.5 Å². The van der Waals surface area contributed by atoms with E-state index in [0.717, 1.165) is 0 Å². The Morgan fingerprint density at radius 3 is 1.37 bits per heavy atom. The number of nitrogens with one attached hydrogen (secondary N) is 9. The molecule has 0 aliphatic carbocycles. The number of carbonyl (C=O) groups excluding carboxylic acids is 10. The molecule has 0 aliphatic heterocycles. The van der Waals surface area contributed by atoms with Gasteiger partial charge in [-0.15, -0.1) is 0 Å². The van der Waals surface area contributed by atoms with E-state index in [0.29, 0.717) is 5.69 Å². The minimum absolute atomic E-state index is 0.00686. The number of aromatic amines is 1. The number of guanidine groups is 1. The molecule has 0 radical (unpaired) electrons. The highest BCUT2D eigenvalue weighted by molar-refractivity contribution is 7.80. The quantitative estimate of drug-likeness (QED) is 0.0130. The number of hydrogen-bond donors (Lipinski definition) is 17. The van der Waals surface area contributed by atoms with Crippen molar-refractivity contribution in [2.24, 2.45) is 51.4 Å². The molecule has 0 saturated heterocycles. The molecule has 30 heteroatoms. The highest BCUT2D eigenvalue weighted by Crippen LogP contribution is 2.13. The third-order valence-electron chi connectivity index (χ3n) is 11.1. The van der Waals surface area contributed by atoms with Gasteiger partial charge in [0.05, 0.1) is 12.4 Å². The zero-order valence-corrected chi connectivity index (χ0v) is 45.0. The Kier molecular flexibility index (Phi) is 30.1. The number of nitrogens with two attached hydrogens (primary N) is 5. The number of thiol groups is 2. The predicted molar refractivity (Wildman–Crippen MR) is 282 cm³/mol. The second-order valence-electron chi connectivity index (χ2n) is 19.0. The van der Waals surface area contributed by atoms with Crippen LogP contribution in [-0.2, 0) is 59.2 Å². The lowest BCUT2D eigenvalue weighted by Gasteiger charge is -2.29. The van der Waals surface area contributed by atoms with Crippen molar-refractivity contribution in [1.82, 2.24) is 52.5 Å². The smallest absolute Gasteiger partial charge is 0.327 e. The molecule has 0 bridgehead atoms. The average Bonchev–Trinajstić information content (AvgIpc) is 3.84. The first-order valence-corrected chi connectivity index (χ1v) is 25.6. The molecule has 1 aromatic heterocycles. The van der Waals surface area contributed by atoms with Gasteiger partial charge >= 0.3 is 5.97 Å². The molecule has 9 atom stereocenters. The van der Waals surface area contributed by atoms with Gasteiger partial charge < -0.3 is 81.3 Å². The van der Waals surface area contributed by atoms with Gasteiger partial charge in [0.25, 0.3) is 0 Å². The van der Waals surface area contributed by atoms with E-state index in [9.17, 15) is 57.8 Å². The fourth-order valence-corrected chi connectivity index (χ4v) is 7.49. The fraction of sp³-hybridized carbons (Fsp3) is 0.667. The zero-order valence-electron chi connectivity index (χ0n) is 43.2. The molecule has 0 fully saturated rings. The number of carboxylic acids is 1. The summed E-state index contributed by atoms with van der Waals surface area (Å²) in [4.78, 5) is 156. The molecule has 0 aliphatic rings. The van der Waals surface area contributed by atoms with Crippen molar-refractivity contribution in [2.75, 3.05) is 18.1 Å². The summed E-state index contributed by atoms with van der Waals surface area (Å²) in [5, 5.41) is 29.8. The van der Waals surface area contributed by atoms with Gasteiger partial charge in [0.1, 0.15) is 48.3 Å². The van der Waals surface area contributed by atoms with E-state index in [-0.39, 0.29) is 74.4 Å². The number of aliphatic carboxylic acids is 1. The molecule has 20 N–H and O–H groups in total. The van der Waals surface area contributed by atoms with Gasteiger partial charge in [-0.25, -0.2) is 9.78 Å². The van der Waals surface area contributed by atoms with Crippen molar-refractivity contribution >= 4 is 96.3 Å². The molecule has 1 heterocycles. The van der Waals surface area contributed by atoms with E-state index < -0.39 is 145 Å². The first kappa shape index (κ1) is 66.3. The Bertz CT molecular complexity index is 2130. The summed E-state index contributed by atoms with van der Waals surface area (Å²) >= 11 is 7.97. The van der Waals surface area contributed by atoms with E-state index in [1.165, 1.54) is 12.5 Å². The lowest BCUT2D eigenvalue weighted by molar-refractivity contribution is -0.141. The maximum atomic E-state index is 14.4. The van der Waals surface area contributed by atoms with E-state index in [4.69, 9.17) is 28.7 Å².